The van der Waals surface area contributed by atoms with E-state index in [0.717, 1.165) is 38.1 Å². The van der Waals surface area contributed by atoms with Gasteiger partial charge in [-0.2, -0.15) is 0 Å². The van der Waals surface area contributed by atoms with E-state index in [9.17, 15) is 24.8 Å². The van der Waals surface area contributed by atoms with Gasteiger partial charge in [-0.1, -0.05) is 0 Å². The summed E-state index contributed by atoms with van der Waals surface area (Å²) in [6, 6.07) is 3.37. The van der Waals surface area contributed by atoms with Crippen LogP contribution >= 0.6 is 0 Å². The van der Waals surface area contributed by atoms with Crippen LogP contribution in [0.2, 0.25) is 0 Å². The van der Waals surface area contributed by atoms with E-state index in [1.165, 1.54) is 6.07 Å². The highest BCUT2D eigenvalue weighted by Gasteiger charge is 2.18. The Labute approximate surface area is 126 Å². The average molecular weight is 307 g/mol. The van der Waals surface area contributed by atoms with Crippen molar-refractivity contribution in [2.45, 2.75) is 19.3 Å². The van der Waals surface area contributed by atoms with Crippen LogP contribution in [-0.4, -0.2) is 46.4 Å². The third-order valence-corrected chi connectivity index (χ3v) is 3.52. The number of nitrogens with one attached hydrogen (secondary N) is 1. The molecule has 0 radical (unpaired) electrons. The number of aromatic hydroxyl groups is 1. The number of benzene rings is 1. The molecule has 0 atom stereocenters. The molecule has 1 aromatic rings. The van der Waals surface area contributed by atoms with Crippen molar-refractivity contribution < 1.29 is 19.6 Å². The lowest BCUT2D eigenvalue weighted by Gasteiger charge is -2.15. The first-order valence-electron chi connectivity index (χ1n) is 7.02. The normalized spacial score (nSPS) is 13.9. The number of rotatable bonds is 5. The highest BCUT2D eigenvalue weighted by Crippen LogP contribution is 2.26. The molecular formula is C14H17N3O5. The predicted octanol–water partition coefficient (Wildman–Crippen LogP) is 1.04. The van der Waals surface area contributed by atoms with E-state index in [1.54, 1.807) is 4.90 Å². The quantitative estimate of drug-likeness (QED) is 0.623. The molecule has 8 heteroatoms. The van der Waals surface area contributed by atoms with Crippen molar-refractivity contribution in [3.05, 3.63) is 33.9 Å². The number of amides is 2. The summed E-state index contributed by atoms with van der Waals surface area (Å²) in [6.45, 7) is 1.72. The van der Waals surface area contributed by atoms with E-state index in [1.807, 2.05) is 0 Å². The number of phenols is 1. The van der Waals surface area contributed by atoms with Crippen LogP contribution in [0.15, 0.2) is 18.2 Å². The van der Waals surface area contributed by atoms with Gasteiger partial charge in [0.1, 0.15) is 0 Å². The zero-order valence-electron chi connectivity index (χ0n) is 11.9. The summed E-state index contributed by atoms with van der Waals surface area (Å²) in [5.74, 6) is -1.05. The first kappa shape index (κ1) is 15.7. The lowest BCUT2D eigenvalue weighted by Crippen LogP contribution is -2.32. The maximum absolute atomic E-state index is 11.9. The molecule has 1 aromatic carbocycles. The summed E-state index contributed by atoms with van der Waals surface area (Å²) in [7, 11) is 0. The Morgan fingerprint density at radius 1 is 1.32 bits per heavy atom. The molecule has 2 rings (SSSR count). The van der Waals surface area contributed by atoms with E-state index >= 15 is 0 Å². The molecule has 118 valence electrons. The zero-order chi connectivity index (χ0) is 16.1. The van der Waals surface area contributed by atoms with Gasteiger partial charge in [0.05, 0.1) is 4.92 Å². The van der Waals surface area contributed by atoms with Gasteiger partial charge in [-0.25, -0.2) is 0 Å². The summed E-state index contributed by atoms with van der Waals surface area (Å²) >= 11 is 0. The van der Waals surface area contributed by atoms with Crippen LogP contribution in [0.3, 0.4) is 0 Å². The standard InChI is InChI=1S/C14H17N3O5/c18-12-9-10(3-4-11(12)17(21)22)14(20)15-6-5-13(19)16-7-1-2-8-16/h3-4,9,18H,1-2,5-8H2,(H,15,20). The van der Waals surface area contributed by atoms with Crippen molar-refractivity contribution in [2.75, 3.05) is 19.6 Å². The van der Waals surface area contributed by atoms with Crippen LogP contribution < -0.4 is 5.32 Å². The minimum atomic E-state index is -0.730. The van der Waals surface area contributed by atoms with Gasteiger partial charge in [0, 0.05) is 37.7 Å². The summed E-state index contributed by atoms with van der Waals surface area (Å²) in [5.41, 5.74) is -0.350. The van der Waals surface area contributed by atoms with Gasteiger partial charge in [0.2, 0.25) is 5.91 Å². The van der Waals surface area contributed by atoms with Crippen LogP contribution in [0.1, 0.15) is 29.6 Å². The fourth-order valence-electron chi connectivity index (χ4n) is 2.33. The van der Waals surface area contributed by atoms with Crippen molar-refractivity contribution in [2.24, 2.45) is 0 Å². The van der Waals surface area contributed by atoms with Crippen molar-refractivity contribution in [3.63, 3.8) is 0 Å². The number of nitro benzene ring substituents is 1. The van der Waals surface area contributed by atoms with Crippen LogP contribution in [0, 0.1) is 10.1 Å². The largest absolute Gasteiger partial charge is 0.502 e. The lowest BCUT2D eigenvalue weighted by atomic mass is 10.1. The molecule has 1 aliphatic rings. The molecule has 1 fully saturated rings. The third kappa shape index (κ3) is 3.72. The van der Waals surface area contributed by atoms with Gasteiger partial charge in [0.25, 0.3) is 5.91 Å². The molecule has 0 unspecified atom stereocenters. The fraction of sp³-hybridized carbons (Fsp3) is 0.429. The van der Waals surface area contributed by atoms with Gasteiger partial charge in [-0.15, -0.1) is 0 Å². The van der Waals surface area contributed by atoms with Crippen molar-refractivity contribution >= 4 is 17.5 Å². The molecule has 22 heavy (non-hydrogen) atoms. The first-order chi connectivity index (χ1) is 10.5. The van der Waals surface area contributed by atoms with E-state index < -0.39 is 22.3 Å². The molecule has 1 saturated heterocycles. The molecular weight excluding hydrogens is 290 g/mol. The van der Waals surface area contributed by atoms with Gasteiger partial charge in [0.15, 0.2) is 5.75 Å². The molecule has 0 aromatic heterocycles. The molecule has 2 N–H and O–H groups in total. The number of nitrogens with zero attached hydrogens (tertiary/aromatic N) is 2. The monoisotopic (exact) mass is 307 g/mol. The smallest absolute Gasteiger partial charge is 0.310 e. The molecule has 2 amide bonds. The number of phenolic OH excluding ortho intramolecular Hbond substituents is 1. The van der Waals surface area contributed by atoms with Crippen LogP contribution in [0.25, 0.3) is 0 Å². The first-order valence-corrected chi connectivity index (χ1v) is 7.02. The van der Waals surface area contributed by atoms with Crippen molar-refractivity contribution in [1.82, 2.24) is 10.2 Å². The van der Waals surface area contributed by atoms with Crippen LogP contribution in [-0.2, 0) is 4.79 Å². The highest BCUT2D eigenvalue weighted by atomic mass is 16.6. The zero-order valence-corrected chi connectivity index (χ0v) is 11.9. The SMILES string of the molecule is O=C(NCCC(=O)N1CCCC1)c1ccc([N+](=O)[O-])c(O)c1. The van der Waals surface area contributed by atoms with Gasteiger partial charge >= 0.3 is 5.69 Å². The van der Waals surface area contributed by atoms with E-state index in [2.05, 4.69) is 5.32 Å². The average Bonchev–Trinajstić information content (AvgIpc) is 3.00. The number of nitro groups is 1. The van der Waals surface area contributed by atoms with E-state index in [0.29, 0.717) is 0 Å². The molecule has 1 heterocycles. The summed E-state index contributed by atoms with van der Waals surface area (Å²) in [4.78, 5) is 35.3. The number of likely N-dealkylation sites (tertiary alicyclic amines) is 1. The summed E-state index contributed by atoms with van der Waals surface area (Å²) < 4.78 is 0. The molecule has 1 aliphatic heterocycles. The van der Waals surface area contributed by atoms with Crippen LogP contribution in [0.5, 0.6) is 5.75 Å². The van der Waals surface area contributed by atoms with Crippen molar-refractivity contribution in [3.8, 4) is 5.75 Å². The van der Waals surface area contributed by atoms with Gasteiger partial charge < -0.3 is 15.3 Å². The molecule has 0 saturated carbocycles. The van der Waals surface area contributed by atoms with Crippen LogP contribution in [0.4, 0.5) is 5.69 Å². The third-order valence-electron chi connectivity index (χ3n) is 3.52. The number of hydrogen-bond donors (Lipinski definition) is 2. The topological polar surface area (TPSA) is 113 Å². The highest BCUT2D eigenvalue weighted by molar-refractivity contribution is 5.95. The fourth-order valence-corrected chi connectivity index (χ4v) is 2.33. The number of carbonyl (C=O) groups is 2. The second-order valence-corrected chi connectivity index (χ2v) is 5.05. The second kappa shape index (κ2) is 6.88. The molecule has 0 aliphatic carbocycles. The minimum absolute atomic E-state index is 0.00402. The van der Waals surface area contributed by atoms with Gasteiger partial charge in [-0.3, -0.25) is 19.7 Å². The Bertz CT molecular complexity index is 596. The Morgan fingerprint density at radius 3 is 2.59 bits per heavy atom. The maximum Gasteiger partial charge on any atom is 0.310 e. The van der Waals surface area contributed by atoms with Gasteiger partial charge in [-0.05, 0) is 25.0 Å². The Morgan fingerprint density at radius 2 is 2.00 bits per heavy atom. The summed E-state index contributed by atoms with van der Waals surface area (Å²) in [5, 5.41) is 22.6. The molecule has 0 bridgehead atoms. The minimum Gasteiger partial charge on any atom is -0.502 e. The van der Waals surface area contributed by atoms with E-state index in [4.69, 9.17) is 0 Å². The lowest BCUT2D eigenvalue weighted by molar-refractivity contribution is -0.385. The Kier molecular flexibility index (Phi) is 4.92. The Balaban J connectivity index is 1.85. The van der Waals surface area contributed by atoms with Crippen molar-refractivity contribution in [1.29, 1.82) is 0 Å². The molecule has 8 nitrogen and oxygen atoms in total. The second-order valence-electron chi connectivity index (χ2n) is 5.05. The predicted molar refractivity (Wildman–Crippen MR) is 77.5 cm³/mol. The number of carbonyl (C=O) groups excluding carboxylic acids is 2. The summed E-state index contributed by atoms with van der Waals surface area (Å²) in [6.07, 6.45) is 2.24. The Hall–Kier alpha value is -2.64. The number of hydrogen-bond acceptors (Lipinski definition) is 5. The maximum atomic E-state index is 11.9. The van der Waals surface area contributed by atoms with E-state index in [-0.39, 0.29) is 24.4 Å². The molecule has 0 spiro atoms.